The molecule has 0 aliphatic carbocycles. The van der Waals surface area contributed by atoms with E-state index in [1.165, 1.54) is 23.9 Å². The Labute approximate surface area is 96.5 Å². The second kappa shape index (κ2) is 4.90. The third-order valence-electron chi connectivity index (χ3n) is 1.96. The maximum absolute atomic E-state index is 12.7. The molecule has 0 atom stereocenters. The highest BCUT2D eigenvalue weighted by Gasteiger charge is 2.04. The number of benzene rings is 1. The Kier molecular flexibility index (Phi) is 3.31. The lowest BCUT2D eigenvalue weighted by Gasteiger charge is -2.02. The summed E-state index contributed by atoms with van der Waals surface area (Å²) in [6.45, 7) is 0. The van der Waals surface area contributed by atoms with Crippen LogP contribution in [0.15, 0.2) is 52.5 Å². The van der Waals surface area contributed by atoms with Gasteiger partial charge < -0.3 is 0 Å². The van der Waals surface area contributed by atoms with Crippen LogP contribution in [0.5, 0.6) is 0 Å². The second-order valence-electron chi connectivity index (χ2n) is 3.07. The molecule has 0 amide bonds. The van der Waals surface area contributed by atoms with Gasteiger partial charge in [-0.15, -0.1) is 0 Å². The van der Waals surface area contributed by atoms with E-state index in [1.807, 2.05) is 0 Å². The van der Waals surface area contributed by atoms with Gasteiger partial charge in [0.05, 0.1) is 0 Å². The van der Waals surface area contributed by atoms with Crippen LogP contribution in [0.1, 0.15) is 10.4 Å². The molecule has 0 saturated carbocycles. The quantitative estimate of drug-likeness (QED) is 0.763. The fourth-order valence-corrected chi connectivity index (χ4v) is 2.04. The van der Waals surface area contributed by atoms with E-state index in [2.05, 4.69) is 4.98 Å². The van der Waals surface area contributed by atoms with Gasteiger partial charge in [0.2, 0.25) is 0 Å². The summed E-state index contributed by atoms with van der Waals surface area (Å²) in [5.41, 5.74) is 0.539. The minimum absolute atomic E-state index is 0.277. The number of pyridine rings is 1. The first-order valence-electron chi connectivity index (χ1n) is 4.63. The molecule has 0 bridgehead atoms. The van der Waals surface area contributed by atoms with Gasteiger partial charge in [-0.3, -0.25) is 4.79 Å². The largest absolute Gasteiger partial charge is 0.298 e. The average molecular weight is 233 g/mol. The predicted octanol–water partition coefficient (Wildman–Crippen LogP) is 3.18. The standard InChI is InChI=1S/C12H8FNOS/c13-10-3-5-11(6-4-10)16-12-9(8-15)2-1-7-14-12/h1-8H. The molecule has 0 spiro atoms. The molecule has 0 unspecified atom stereocenters. The van der Waals surface area contributed by atoms with Crippen molar-refractivity contribution >= 4 is 18.0 Å². The number of nitrogens with zero attached hydrogens (tertiary/aromatic N) is 1. The van der Waals surface area contributed by atoms with Crippen molar-refractivity contribution in [1.29, 1.82) is 0 Å². The van der Waals surface area contributed by atoms with Crippen molar-refractivity contribution in [2.45, 2.75) is 9.92 Å². The fourth-order valence-electron chi connectivity index (χ4n) is 1.19. The SMILES string of the molecule is O=Cc1cccnc1Sc1ccc(F)cc1. The second-order valence-corrected chi connectivity index (χ2v) is 4.13. The van der Waals surface area contributed by atoms with Crippen LogP contribution in [0.4, 0.5) is 4.39 Å². The zero-order valence-corrected chi connectivity index (χ0v) is 9.08. The summed E-state index contributed by atoms with van der Waals surface area (Å²) in [6, 6.07) is 9.48. The van der Waals surface area contributed by atoms with Crippen LogP contribution in [-0.2, 0) is 0 Å². The van der Waals surface area contributed by atoms with Crippen molar-refractivity contribution in [2.24, 2.45) is 0 Å². The maximum atomic E-state index is 12.7. The molecule has 1 heterocycles. The molecule has 0 aliphatic heterocycles. The lowest BCUT2D eigenvalue weighted by Crippen LogP contribution is -1.88. The number of carbonyl (C=O) groups excluding carboxylic acids is 1. The van der Waals surface area contributed by atoms with Crippen LogP contribution in [-0.4, -0.2) is 11.3 Å². The summed E-state index contributed by atoms with van der Waals surface area (Å²) in [5, 5.41) is 0.629. The van der Waals surface area contributed by atoms with Crippen molar-refractivity contribution in [3.63, 3.8) is 0 Å². The molecule has 2 rings (SSSR count). The van der Waals surface area contributed by atoms with Gasteiger partial charge in [-0.25, -0.2) is 9.37 Å². The van der Waals surface area contributed by atoms with E-state index in [1.54, 1.807) is 30.5 Å². The number of rotatable bonds is 3. The first-order chi connectivity index (χ1) is 7.79. The highest BCUT2D eigenvalue weighted by molar-refractivity contribution is 7.99. The Morgan fingerprint density at radius 3 is 2.62 bits per heavy atom. The molecule has 2 aromatic rings. The summed E-state index contributed by atoms with van der Waals surface area (Å²) in [4.78, 5) is 15.7. The Morgan fingerprint density at radius 2 is 1.94 bits per heavy atom. The highest BCUT2D eigenvalue weighted by Crippen LogP contribution is 2.27. The van der Waals surface area contributed by atoms with E-state index in [9.17, 15) is 9.18 Å². The third-order valence-corrected chi connectivity index (χ3v) is 3.00. The van der Waals surface area contributed by atoms with Crippen LogP contribution >= 0.6 is 11.8 Å². The molecule has 0 aliphatic rings. The topological polar surface area (TPSA) is 30.0 Å². The Hall–Kier alpha value is -1.68. The van der Waals surface area contributed by atoms with E-state index >= 15 is 0 Å². The zero-order valence-electron chi connectivity index (χ0n) is 8.26. The van der Waals surface area contributed by atoms with E-state index in [0.717, 1.165) is 11.2 Å². The maximum Gasteiger partial charge on any atom is 0.152 e. The van der Waals surface area contributed by atoms with E-state index in [0.29, 0.717) is 10.6 Å². The highest BCUT2D eigenvalue weighted by atomic mass is 32.2. The zero-order chi connectivity index (χ0) is 11.4. The first kappa shape index (κ1) is 10.8. The molecule has 0 fully saturated rings. The lowest BCUT2D eigenvalue weighted by atomic mass is 10.3. The average Bonchev–Trinajstić information content (AvgIpc) is 2.33. The van der Waals surface area contributed by atoms with Crippen LogP contribution in [0.3, 0.4) is 0 Å². The molecule has 0 N–H and O–H groups in total. The third kappa shape index (κ3) is 2.46. The summed E-state index contributed by atoms with van der Waals surface area (Å²) >= 11 is 1.34. The molecule has 4 heteroatoms. The molecular weight excluding hydrogens is 225 g/mol. The molecule has 2 nitrogen and oxygen atoms in total. The molecule has 0 radical (unpaired) electrons. The molecule has 1 aromatic heterocycles. The van der Waals surface area contributed by atoms with Crippen LogP contribution in [0.2, 0.25) is 0 Å². The predicted molar refractivity (Wildman–Crippen MR) is 60.1 cm³/mol. The molecule has 0 saturated heterocycles. The number of halogens is 1. The van der Waals surface area contributed by atoms with Gasteiger partial charge in [-0.05, 0) is 36.4 Å². The smallest absolute Gasteiger partial charge is 0.152 e. The van der Waals surface area contributed by atoms with E-state index in [4.69, 9.17) is 0 Å². The number of aromatic nitrogens is 1. The van der Waals surface area contributed by atoms with Crippen molar-refractivity contribution in [2.75, 3.05) is 0 Å². The van der Waals surface area contributed by atoms with Gasteiger partial charge in [0.25, 0.3) is 0 Å². The summed E-state index contributed by atoms with van der Waals surface area (Å²) in [7, 11) is 0. The minimum atomic E-state index is -0.277. The number of carbonyl (C=O) groups is 1. The summed E-state index contributed by atoms with van der Waals surface area (Å²) in [5.74, 6) is -0.277. The minimum Gasteiger partial charge on any atom is -0.298 e. The van der Waals surface area contributed by atoms with Crippen molar-refractivity contribution in [1.82, 2.24) is 4.98 Å². The normalized spacial score (nSPS) is 10.1. The summed E-state index contributed by atoms with van der Waals surface area (Å²) in [6.07, 6.45) is 2.39. The van der Waals surface area contributed by atoms with Gasteiger partial charge in [0.15, 0.2) is 6.29 Å². The van der Waals surface area contributed by atoms with Crippen LogP contribution in [0.25, 0.3) is 0 Å². The van der Waals surface area contributed by atoms with Gasteiger partial charge in [0.1, 0.15) is 10.8 Å². The van der Waals surface area contributed by atoms with Crippen LogP contribution < -0.4 is 0 Å². The molecule has 1 aromatic carbocycles. The monoisotopic (exact) mass is 233 g/mol. The first-order valence-corrected chi connectivity index (χ1v) is 5.45. The van der Waals surface area contributed by atoms with Crippen molar-refractivity contribution in [3.8, 4) is 0 Å². The summed E-state index contributed by atoms with van der Waals surface area (Å²) < 4.78 is 12.7. The Morgan fingerprint density at radius 1 is 1.19 bits per heavy atom. The fraction of sp³-hybridized carbons (Fsp3) is 0. The number of aldehydes is 1. The number of hydrogen-bond donors (Lipinski definition) is 0. The molecule has 16 heavy (non-hydrogen) atoms. The van der Waals surface area contributed by atoms with Crippen molar-refractivity contribution < 1.29 is 9.18 Å². The van der Waals surface area contributed by atoms with Gasteiger partial charge in [-0.2, -0.15) is 0 Å². The van der Waals surface area contributed by atoms with Crippen molar-refractivity contribution in [3.05, 3.63) is 54.0 Å². The lowest BCUT2D eigenvalue weighted by molar-refractivity contribution is 0.112. The van der Waals surface area contributed by atoms with Crippen LogP contribution in [0, 0.1) is 5.82 Å². The van der Waals surface area contributed by atoms with Gasteiger partial charge in [0, 0.05) is 16.7 Å². The molecule has 80 valence electrons. The van der Waals surface area contributed by atoms with Gasteiger partial charge >= 0.3 is 0 Å². The number of hydrogen-bond acceptors (Lipinski definition) is 3. The Bertz CT molecular complexity index is 499. The van der Waals surface area contributed by atoms with E-state index in [-0.39, 0.29) is 5.82 Å². The van der Waals surface area contributed by atoms with E-state index < -0.39 is 0 Å². The van der Waals surface area contributed by atoms with Gasteiger partial charge in [-0.1, -0.05) is 11.8 Å². The molecular formula is C12H8FNOS. The Balaban J connectivity index is 2.26.